The number of aliphatic hydroxyl groups is 1. The Hall–Kier alpha value is -1.10. The molecule has 0 aliphatic heterocycles. The summed E-state index contributed by atoms with van der Waals surface area (Å²) in [4.78, 5) is 21.9. The number of carboxylic acid groups (broad SMARTS) is 1. The van der Waals surface area contributed by atoms with Crippen LogP contribution in [0.2, 0.25) is 0 Å². The predicted octanol–water partition coefficient (Wildman–Crippen LogP) is -0.406. The lowest BCUT2D eigenvalue weighted by Crippen LogP contribution is -2.45. The molecular formula is C9H15NO4. The Kier molecular flexibility index (Phi) is 3.46. The molecule has 1 aliphatic carbocycles. The molecule has 0 spiro atoms. The van der Waals surface area contributed by atoms with Gasteiger partial charge in [0.15, 0.2) is 0 Å². The van der Waals surface area contributed by atoms with Crippen molar-refractivity contribution >= 4 is 11.9 Å². The van der Waals surface area contributed by atoms with Crippen molar-refractivity contribution in [3.63, 3.8) is 0 Å². The van der Waals surface area contributed by atoms with E-state index in [1.807, 2.05) is 0 Å². The number of hydrogen-bond donors (Lipinski definition) is 3. The number of carbonyl (C=O) groups excluding carboxylic acids is 1. The third kappa shape index (κ3) is 2.70. The first kappa shape index (κ1) is 11.0. The fraction of sp³-hybridized carbons (Fsp3) is 0.778. The molecule has 1 saturated carbocycles. The maximum absolute atomic E-state index is 11.4. The Balaban J connectivity index is 2.40. The van der Waals surface area contributed by atoms with E-state index in [1.54, 1.807) is 6.92 Å². The van der Waals surface area contributed by atoms with Gasteiger partial charge in [-0.05, 0) is 18.8 Å². The minimum absolute atomic E-state index is 0.150. The summed E-state index contributed by atoms with van der Waals surface area (Å²) >= 11 is 0. The molecule has 0 heterocycles. The highest BCUT2D eigenvalue weighted by atomic mass is 16.4. The number of carbonyl (C=O) groups is 2. The summed E-state index contributed by atoms with van der Waals surface area (Å²) in [6, 6.07) is -1.18. The van der Waals surface area contributed by atoms with Crippen LogP contribution in [-0.4, -0.2) is 34.7 Å². The second-order valence-corrected chi connectivity index (χ2v) is 3.71. The third-order valence-corrected chi connectivity index (χ3v) is 2.54. The lowest BCUT2D eigenvalue weighted by molar-refractivity contribution is -0.143. The first-order chi connectivity index (χ1) is 6.56. The second-order valence-electron chi connectivity index (χ2n) is 3.71. The molecule has 80 valence electrons. The maximum atomic E-state index is 11.4. The molecule has 0 aromatic rings. The van der Waals surface area contributed by atoms with Crippen LogP contribution in [0.3, 0.4) is 0 Å². The molecule has 1 fully saturated rings. The van der Waals surface area contributed by atoms with Crippen LogP contribution in [0, 0.1) is 11.8 Å². The minimum Gasteiger partial charge on any atom is -0.480 e. The fourth-order valence-electron chi connectivity index (χ4n) is 1.30. The largest absolute Gasteiger partial charge is 0.480 e. The number of nitrogens with one attached hydrogen (secondary N) is 1. The number of hydrogen-bond acceptors (Lipinski definition) is 3. The highest BCUT2D eigenvalue weighted by Crippen LogP contribution is 2.36. The van der Waals surface area contributed by atoms with Crippen molar-refractivity contribution in [2.75, 3.05) is 6.61 Å². The van der Waals surface area contributed by atoms with Crippen molar-refractivity contribution in [2.45, 2.75) is 25.8 Å². The molecule has 2 unspecified atom stereocenters. The zero-order valence-electron chi connectivity index (χ0n) is 8.06. The van der Waals surface area contributed by atoms with Gasteiger partial charge < -0.3 is 15.5 Å². The van der Waals surface area contributed by atoms with Crippen molar-refractivity contribution in [3.05, 3.63) is 0 Å². The zero-order valence-corrected chi connectivity index (χ0v) is 8.06. The van der Waals surface area contributed by atoms with Gasteiger partial charge in [-0.15, -0.1) is 0 Å². The molecule has 0 bridgehead atoms. The summed E-state index contributed by atoms with van der Waals surface area (Å²) in [5.74, 6) is -1.25. The SMILES string of the molecule is CC(C(=O)NC(CO)C(=O)O)C1CC1. The molecular weight excluding hydrogens is 186 g/mol. The van der Waals surface area contributed by atoms with Crippen LogP contribution < -0.4 is 5.32 Å². The van der Waals surface area contributed by atoms with E-state index in [-0.39, 0.29) is 11.8 Å². The van der Waals surface area contributed by atoms with Gasteiger partial charge in [0.25, 0.3) is 0 Å². The molecule has 1 rings (SSSR count). The van der Waals surface area contributed by atoms with E-state index in [9.17, 15) is 9.59 Å². The van der Waals surface area contributed by atoms with Crippen LogP contribution in [0.25, 0.3) is 0 Å². The Morgan fingerprint density at radius 3 is 2.43 bits per heavy atom. The molecule has 5 heteroatoms. The molecule has 0 aromatic carbocycles. The van der Waals surface area contributed by atoms with E-state index in [0.29, 0.717) is 5.92 Å². The van der Waals surface area contributed by atoms with Gasteiger partial charge in [-0.2, -0.15) is 0 Å². The van der Waals surface area contributed by atoms with Crippen molar-refractivity contribution in [1.82, 2.24) is 5.32 Å². The highest BCUT2D eigenvalue weighted by molar-refractivity contribution is 5.85. The molecule has 0 radical (unpaired) electrons. The van der Waals surface area contributed by atoms with E-state index < -0.39 is 18.6 Å². The van der Waals surface area contributed by atoms with Gasteiger partial charge in [0.1, 0.15) is 6.04 Å². The summed E-state index contributed by atoms with van der Waals surface area (Å²) < 4.78 is 0. The first-order valence-corrected chi connectivity index (χ1v) is 4.70. The van der Waals surface area contributed by atoms with E-state index in [1.165, 1.54) is 0 Å². The second kappa shape index (κ2) is 4.41. The van der Waals surface area contributed by atoms with Crippen LogP contribution in [0.4, 0.5) is 0 Å². The molecule has 0 aromatic heterocycles. The van der Waals surface area contributed by atoms with Crippen LogP contribution in [0.1, 0.15) is 19.8 Å². The number of rotatable bonds is 5. The molecule has 0 saturated heterocycles. The van der Waals surface area contributed by atoms with Gasteiger partial charge >= 0.3 is 5.97 Å². The van der Waals surface area contributed by atoms with Crippen LogP contribution >= 0.6 is 0 Å². The monoisotopic (exact) mass is 201 g/mol. The standard InChI is InChI=1S/C9H15NO4/c1-5(6-2-3-6)8(12)10-7(4-11)9(13)14/h5-7,11H,2-4H2,1H3,(H,10,12)(H,13,14). The van der Waals surface area contributed by atoms with Crippen LogP contribution in [0.15, 0.2) is 0 Å². The molecule has 3 N–H and O–H groups in total. The molecule has 1 aliphatic rings. The van der Waals surface area contributed by atoms with E-state index in [4.69, 9.17) is 10.2 Å². The quantitative estimate of drug-likeness (QED) is 0.564. The van der Waals surface area contributed by atoms with Gasteiger partial charge in [-0.3, -0.25) is 4.79 Å². The minimum atomic E-state index is -1.20. The number of amides is 1. The summed E-state index contributed by atoms with van der Waals surface area (Å²) in [7, 11) is 0. The number of carboxylic acids is 1. The lowest BCUT2D eigenvalue weighted by atomic mass is 10.1. The van der Waals surface area contributed by atoms with E-state index in [2.05, 4.69) is 5.32 Å². The van der Waals surface area contributed by atoms with Crippen molar-refractivity contribution in [1.29, 1.82) is 0 Å². The predicted molar refractivity (Wildman–Crippen MR) is 48.5 cm³/mol. The topological polar surface area (TPSA) is 86.6 Å². The summed E-state index contributed by atoms with van der Waals surface area (Å²) in [5, 5.41) is 19.6. The average molecular weight is 201 g/mol. The van der Waals surface area contributed by atoms with E-state index in [0.717, 1.165) is 12.8 Å². The molecule has 5 nitrogen and oxygen atoms in total. The Labute approximate surface area is 82.1 Å². The molecule has 14 heavy (non-hydrogen) atoms. The Morgan fingerprint density at radius 2 is 2.07 bits per heavy atom. The van der Waals surface area contributed by atoms with Crippen molar-refractivity contribution < 1.29 is 19.8 Å². The smallest absolute Gasteiger partial charge is 0.328 e. The molecule has 2 atom stereocenters. The van der Waals surface area contributed by atoms with Crippen LogP contribution in [0.5, 0.6) is 0 Å². The van der Waals surface area contributed by atoms with Gasteiger partial charge in [0.05, 0.1) is 6.61 Å². The normalized spacial score (nSPS) is 19.9. The highest BCUT2D eigenvalue weighted by Gasteiger charge is 2.34. The van der Waals surface area contributed by atoms with E-state index >= 15 is 0 Å². The number of aliphatic hydroxyl groups excluding tert-OH is 1. The lowest BCUT2D eigenvalue weighted by Gasteiger charge is -2.15. The summed E-state index contributed by atoms with van der Waals surface area (Å²) in [6.07, 6.45) is 2.07. The first-order valence-electron chi connectivity index (χ1n) is 4.70. The zero-order chi connectivity index (χ0) is 10.7. The van der Waals surface area contributed by atoms with Gasteiger partial charge in [-0.25, -0.2) is 4.79 Å². The van der Waals surface area contributed by atoms with Gasteiger partial charge in [-0.1, -0.05) is 6.92 Å². The van der Waals surface area contributed by atoms with Gasteiger partial charge in [0, 0.05) is 5.92 Å². The number of aliphatic carboxylic acids is 1. The van der Waals surface area contributed by atoms with Crippen molar-refractivity contribution in [3.8, 4) is 0 Å². The van der Waals surface area contributed by atoms with Gasteiger partial charge in [0.2, 0.25) is 5.91 Å². The third-order valence-electron chi connectivity index (χ3n) is 2.54. The fourth-order valence-corrected chi connectivity index (χ4v) is 1.30. The molecule has 1 amide bonds. The van der Waals surface area contributed by atoms with Crippen molar-refractivity contribution in [2.24, 2.45) is 11.8 Å². The van der Waals surface area contributed by atoms with Crippen LogP contribution in [-0.2, 0) is 9.59 Å². The maximum Gasteiger partial charge on any atom is 0.328 e. The Morgan fingerprint density at radius 1 is 1.50 bits per heavy atom. The average Bonchev–Trinajstić information content (AvgIpc) is 2.95. The summed E-state index contributed by atoms with van der Waals surface area (Å²) in [5.41, 5.74) is 0. The summed E-state index contributed by atoms with van der Waals surface area (Å²) in [6.45, 7) is 1.21. The Bertz CT molecular complexity index is 237.